The first-order chi connectivity index (χ1) is 35.0. The van der Waals surface area contributed by atoms with Crippen LogP contribution in [0.3, 0.4) is 0 Å². The maximum atomic E-state index is 5.21. The predicted molar refractivity (Wildman–Crippen MR) is 298 cm³/mol. The van der Waals surface area contributed by atoms with Crippen LogP contribution < -0.4 is 0 Å². The summed E-state index contributed by atoms with van der Waals surface area (Å²) in [4.78, 5) is 5.21. The van der Waals surface area contributed by atoms with Gasteiger partial charge in [0.2, 0.25) is 0 Å². The molecule has 0 fully saturated rings. The maximum Gasteiger partial charge on any atom is 0.0723 e. The van der Waals surface area contributed by atoms with Crippen LogP contribution in [0.15, 0.2) is 241 Å². The van der Waals surface area contributed by atoms with Crippen LogP contribution >= 0.6 is 11.3 Å². The lowest BCUT2D eigenvalue weighted by molar-refractivity contribution is 0.519. The standard InChI is InChI=1S/C69H49NS/c1-42-28-34-51-50-20-9-11-24-55(50)68(60(51)38-42)56-25-12-13-26-57(56)69(58-36-29-43(2)39-61(58)68)59-37-35-53-52-21-10-14-27-64(52)71-67(53)65(59)54-23-15-22-49(66(54)69)45-32-30-44(31-33-45)48-40-62(46-16-5-3-6-17-46)70-63(41-48)47-18-7-4-8-19-47/h3-37,40-43H,38-39H2,1-2H3. The van der Waals surface area contributed by atoms with Gasteiger partial charge in [-0.15, -0.1) is 11.3 Å². The zero-order chi connectivity index (χ0) is 47.0. The van der Waals surface area contributed by atoms with Crippen LogP contribution in [-0.4, -0.2) is 4.98 Å². The van der Waals surface area contributed by atoms with Crippen LogP contribution in [0.2, 0.25) is 0 Å². The normalized spacial score (nSPS) is 21.2. The highest BCUT2D eigenvalue weighted by molar-refractivity contribution is 7.26. The third-order valence-electron chi connectivity index (χ3n) is 16.7. The van der Waals surface area contributed by atoms with Gasteiger partial charge in [-0.1, -0.05) is 220 Å². The molecule has 0 N–H and O–H groups in total. The van der Waals surface area contributed by atoms with Gasteiger partial charge in [0.05, 0.1) is 22.2 Å². The number of benzene rings is 8. The first-order valence-corrected chi connectivity index (χ1v) is 26.2. The second-order valence-corrected chi connectivity index (χ2v) is 21.6. The van der Waals surface area contributed by atoms with E-state index in [2.05, 4.69) is 238 Å². The topological polar surface area (TPSA) is 12.9 Å². The first-order valence-electron chi connectivity index (χ1n) is 25.4. The molecule has 10 aromatic rings. The number of hydrogen-bond donors (Lipinski definition) is 0. The summed E-state index contributed by atoms with van der Waals surface area (Å²) in [6.07, 6.45) is 12.1. The monoisotopic (exact) mass is 923 g/mol. The molecular formula is C69H49NS. The van der Waals surface area contributed by atoms with Crippen molar-refractivity contribution in [3.63, 3.8) is 0 Å². The molecule has 4 unspecified atom stereocenters. The molecule has 2 spiro atoms. The first kappa shape index (κ1) is 40.9. The minimum absolute atomic E-state index is 0.371. The van der Waals surface area contributed by atoms with Crippen LogP contribution in [0, 0.1) is 11.8 Å². The van der Waals surface area contributed by atoms with Crippen molar-refractivity contribution in [2.75, 3.05) is 0 Å². The van der Waals surface area contributed by atoms with Crippen molar-refractivity contribution in [1.82, 2.24) is 4.98 Å². The minimum atomic E-state index is -0.577. The van der Waals surface area contributed by atoms with Crippen LogP contribution in [0.5, 0.6) is 0 Å². The van der Waals surface area contributed by atoms with Gasteiger partial charge in [-0.3, -0.25) is 0 Å². The Morgan fingerprint density at radius 3 is 1.77 bits per heavy atom. The largest absolute Gasteiger partial charge is 0.248 e. The second-order valence-electron chi connectivity index (χ2n) is 20.6. The van der Waals surface area contributed by atoms with Gasteiger partial charge < -0.3 is 0 Å². The van der Waals surface area contributed by atoms with Crippen LogP contribution in [0.25, 0.3) is 81.6 Å². The Hall–Kier alpha value is -7.91. The Balaban J connectivity index is 1.01. The summed E-state index contributed by atoms with van der Waals surface area (Å²) in [5, 5.41) is 2.68. The lowest BCUT2D eigenvalue weighted by Crippen LogP contribution is -2.46. The molecule has 71 heavy (non-hydrogen) atoms. The zero-order valence-electron chi connectivity index (χ0n) is 39.8. The molecular weight excluding hydrogens is 875 g/mol. The second kappa shape index (κ2) is 15.3. The van der Waals surface area contributed by atoms with Crippen molar-refractivity contribution in [3.8, 4) is 55.9 Å². The number of aromatic nitrogens is 1. The summed E-state index contributed by atoms with van der Waals surface area (Å²) in [7, 11) is 0. The molecule has 0 bridgehead atoms. The van der Waals surface area contributed by atoms with Gasteiger partial charge in [0.1, 0.15) is 0 Å². The van der Waals surface area contributed by atoms with E-state index in [1.54, 1.807) is 11.1 Å². The number of allylic oxidation sites excluding steroid dienone is 8. The van der Waals surface area contributed by atoms with Crippen LogP contribution in [0.1, 0.15) is 60.1 Å². The van der Waals surface area contributed by atoms with E-state index in [4.69, 9.17) is 4.98 Å². The average molecular weight is 924 g/mol. The van der Waals surface area contributed by atoms with Gasteiger partial charge in [-0.25, -0.2) is 4.98 Å². The molecule has 336 valence electrons. The van der Waals surface area contributed by atoms with Gasteiger partial charge in [0.15, 0.2) is 0 Å². The fourth-order valence-corrected chi connectivity index (χ4v) is 15.1. The van der Waals surface area contributed by atoms with E-state index >= 15 is 0 Å². The zero-order valence-corrected chi connectivity index (χ0v) is 40.6. The van der Waals surface area contributed by atoms with E-state index in [9.17, 15) is 0 Å². The summed E-state index contributed by atoms with van der Waals surface area (Å²) < 4.78 is 2.72. The van der Waals surface area contributed by atoms with Crippen molar-refractivity contribution < 1.29 is 0 Å². The number of rotatable bonds is 4. The lowest BCUT2D eigenvalue weighted by Gasteiger charge is -2.52. The SMILES string of the molecule is CC1C=CC2=C(C1)C1(C3=C(C=CC(C)C3)C3(c4ccccc41)c1ccc4c(sc5ccccc54)c1-c1cccc(-c4ccc(-c5cc(-c6ccccc6)nc(-c6ccccc6)c5)cc4)c13)c1ccccc12. The molecule has 1 nitrogen and oxygen atoms in total. The average Bonchev–Trinajstić information content (AvgIpc) is 4.06. The smallest absolute Gasteiger partial charge is 0.0723 e. The minimum Gasteiger partial charge on any atom is -0.248 e. The Morgan fingerprint density at radius 1 is 0.437 bits per heavy atom. The van der Waals surface area contributed by atoms with E-state index in [1.165, 1.54) is 92.5 Å². The summed E-state index contributed by atoms with van der Waals surface area (Å²) >= 11 is 1.96. The summed E-state index contributed by atoms with van der Waals surface area (Å²) in [5.74, 6) is 0.849. The molecule has 15 rings (SSSR count). The highest BCUT2D eigenvalue weighted by atomic mass is 32.1. The van der Waals surface area contributed by atoms with Crippen molar-refractivity contribution in [2.45, 2.75) is 37.5 Å². The van der Waals surface area contributed by atoms with Crippen LogP contribution in [0.4, 0.5) is 0 Å². The molecule has 5 aliphatic carbocycles. The Morgan fingerprint density at radius 2 is 1.03 bits per heavy atom. The third kappa shape index (κ3) is 5.60. The van der Waals surface area contributed by atoms with Gasteiger partial charge in [-0.05, 0) is 126 Å². The number of pyridine rings is 1. The lowest BCUT2D eigenvalue weighted by atomic mass is 9.49. The van der Waals surface area contributed by atoms with Gasteiger partial charge in [0.25, 0.3) is 0 Å². The third-order valence-corrected chi connectivity index (χ3v) is 17.9. The van der Waals surface area contributed by atoms with Crippen molar-refractivity contribution >= 4 is 37.1 Å². The molecule has 8 aromatic carbocycles. The quantitative estimate of drug-likeness (QED) is 0.171. The van der Waals surface area contributed by atoms with Crippen LogP contribution in [-0.2, 0) is 10.8 Å². The highest BCUT2D eigenvalue weighted by Gasteiger charge is 2.61. The summed E-state index contributed by atoms with van der Waals surface area (Å²) in [6, 6.07) is 75.3. The Kier molecular flexibility index (Phi) is 8.82. The molecule has 5 aliphatic rings. The molecule has 0 radical (unpaired) electrons. The van der Waals surface area contributed by atoms with Crippen molar-refractivity contribution in [1.29, 1.82) is 0 Å². The van der Waals surface area contributed by atoms with Gasteiger partial charge in [-0.2, -0.15) is 0 Å². The van der Waals surface area contributed by atoms with Crippen molar-refractivity contribution in [3.05, 3.63) is 275 Å². The van der Waals surface area contributed by atoms with Gasteiger partial charge in [0, 0.05) is 36.9 Å². The molecule has 2 aromatic heterocycles. The van der Waals surface area contributed by atoms with E-state index in [-0.39, 0.29) is 5.41 Å². The van der Waals surface area contributed by atoms with E-state index in [0.717, 1.165) is 40.9 Å². The fourth-order valence-electron chi connectivity index (χ4n) is 13.9. The molecule has 0 amide bonds. The number of hydrogen-bond acceptors (Lipinski definition) is 2. The Labute approximate surface area is 419 Å². The summed E-state index contributed by atoms with van der Waals surface area (Å²) in [6.45, 7) is 4.83. The molecule has 4 atom stereocenters. The maximum absolute atomic E-state index is 5.21. The molecule has 2 heteroatoms. The summed E-state index contributed by atoms with van der Waals surface area (Å²) in [5.41, 5.74) is 25.3. The highest BCUT2D eigenvalue weighted by Crippen LogP contribution is 2.71. The van der Waals surface area contributed by atoms with E-state index in [0.29, 0.717) is 11.8 Å². The molecule has 0 saturated carbocycles. The van der Waals surface area contributed by atoms with E-state index < -0.39 is 5.41 Å². The fraction of sp³-hybridized carbons (Fsp3) is 0.116. The number of thiophene rings is 1. The van der Waals surface area contributed by atoms with Crippen molar-refractivity contribution in [2.24, 2.45) is 11.8 Å². The molecule has 0 aliphatic heterocycles. The Bertz CT molecular complexity index is 3950. The predicted octanol–water partition coefficient (Wildman–Crippen LogP) is 18.0. The van der Waals surface area contributed by atoms with E-state index in [1.807, 2.05) is 11.3 Å². The number of fused-ring (bicyclic) bond motifs is 18. The molecule has 0 saturated heterocycles. The molecule has 2 heterocycles. The van der Waals surface area contributed by atoms with Gasteiger partial charge >= 0.3 is 0 Å². The number of nitrogens with zero attached hydrogens (tertiary/aromatic N) is 1.